The molecule has 2 unspecified atom stereocenters. The normalized spacial score (nSPS) is 26.2. The largest absolute Gasteiger partial charge is 0.394 e. The number of hydrogen-bond acceptors (Lipinski definition) is 3. The van der Waals surface area contributed by atoms with Crippen molar-refractivity contribution < 1.29 is 5.11 Å². The highest BCUT2D eigenvalue weighted by Crippen LogP contribution is 2.38. The standard InChI is InChI=1S/C16H29N3O/c1-3-9-18-16(13-20)8-5-6-14(16)7-11-19-12-10-17-15(19)4-2/h10,12,14,18,20H,3-9,11,13H2,1-2H3. The number of aromatic nitrogens is 2. The van der Waals surface area contributed by atoms with Crippen LogP contribution < -0.4 is 5.32 Å². The fourth-order valence-electron chi connectivity index (χ4n) is 3.59. The smallest absolute Gasteiger partial charge is 0.108 e. The summed E-state index contributed by atoms with van der Waals surface area (Å²) in [5, 5.41) is 13.5. The van der Waals surface area contributed by atoms with Crippen LogP contribution in [0.4, 0.5) is 0 Å². The maximum atomic E-state index is 9.89. The Balaban J connectivity index is 1.96. The number of aryl methyl sites for hydroxylation is 2. The molecule has 0 radical (unpaired) electrons. The monoisotopic (exact) mass is 279 g/mol. The summed E-state index contributed by atoms with van der Waals surface area (Å²) in [4.78, 5) is 4.38. The number of hydrogen-bond donors (Lipinski definition) is 2. The zero-order chi connectivity index (χ0) is 14.4. The Hall–Kier alpha value is -0.870. The van der Waals surface area contributed by atoms with Crippen LogP contribution in [0.5, 0.6) is 0 Å². The highest BCUT2D eigenvalue weighted by atomic mass is 16.3. The van der Waals surface area contributed by atoms with Gasteiger partial charge in [-0.25, -0.2) is 4.98 Å². The van der Waals surface area contributed by atoms with E-state index in [-0.39, 0.29) is 12.1 Å². The highest BCUT2D eigenvalue weighted by molar-refractivity contribution is 4.99. The first-order valence-corrected chi connectivity index (χ1v) is 8.11. The molecule has 4 heteroatoms. The Morgan fingerprint density at radius 2 is 2.35 bits per heavy atom. The fourth-order valence-corrected chi connectivity index (χ4v) is 3.59. The molecular weight excluding hydrogens is 250 g/mol. The molecule has 2 atom stereocenters. The molecule has 1 aromatic rings. The van der Waals surface area contributed by atoms with Gasteiger partial charge in [0.15, 0.2) is 0 Å². The van der Waals surface area contributed by atoms with Crippen LogP contribution in [0.2, 0.25) is 0 Å². The van der Waals surface area contributed by atoms with Crippen molar-refractivity contribution in [1.29, 1.82) is 0 Å². The molecule has 0 amide bonds. The van der Waals surface area contributed by atoms with E-state index in [4.69, 9.17) is 0 Å². The van der Waals surface area contributed by atoms with Gasteiger partial charge in [0, 0.05) is 30.9 Å². The maximum Gasteiger partial charge on any atom is 0.108 e. The third-order valence-corrected chi connectivity index (χ3v) is 4.80. The van der Waals surface area contributed by atoms with Crippen molar-refractivity contribution in [1.82, 2.24) is 14.9 Å². The Morgan fingerprint density at radius 3 is 3.05 bits per heavy atom. The summed E-state index contributed by atoms with van der Waals surface area (Å²) in [6, 6.07) is 0. The average molecular weight is 279 g/mol. The molecule has 1 saturated carbocycles. The summed E-state index contributed by atoms with van der Waals surface area (Å²) in [5.41, 5.74) is -0.0387. The van der Waals surface area contributed by atoms with E-state index in [0.717, 1.165) is 38.8 Å². The summed E-state index contributed by atoms with van der Waals surface area (Å²) in [6.07, 6.45) is 10.8. The predicted octanol–water partition coefficient (Wildman–Crippen LogP) is 2.37. The van der Waals surface area contributed by atoms with Crippen LogP contribution in [0.3, 0.4) is 0 Å². The topological polar surface area (TPSA) is 50.1 Å². The van der Waals surface area contributed by atoms with Gasteiger partial charge in [0.25, 0.3) is 0 Å². The quantitative estimate of drug-likeness (QED) is 0.768. The fraction of sp³-hybridized carbons (Fsp3) is 0.812. The lowest BCUT2D eigenvalue weighted by Gasteiger charge is -2.35. The minimum atomic E-state index is -0.0387. The number of nitrogens with one attached hydrogen (secondary N) is 1. The van der Waals surface area contributed by atoms with Crippen LogP contribution in [0.25, 0.3) is 0 Å². The minimum Gasteiger partial charge on any atom is -0.394 e. The van der Waals surface area contributed by atoms with Crippen molar-refractivity contribution in [2.24, 2.45) is 5.92 Å². The summed E-state index contributed by atoms with van der Waals surface area (Å²) in [6.45, 7) is 6.62. The molecule has 0 aromatic carbocycles. The molecule has 2 N–H and O–H groups in total. The summed E-state index contributed by atoms with van der Waals surface area (Å²) < 4.78 is 2.26. The molecule has 1 aliphatic rings. The molecule has 20 heavy (non-hydrogen) atoms. The minimum absolute atomic E-state index is 0.0387. The average Bonchev–Trinajstić information content (AvgIpc) is 3.09. The lowest BCUT2D eigenvalue weighted by atomic mass is 9.85. The van der Waals surface area contributed by atoms with Crippen LogP contribution in [-0.4, -0.2) is 33.3 Å². The first-order valence-electron chi connectivity index (χ1n) is 8.11. The van der Waals surface area contributed by atoms with Gasteiger partial charge in [0.2, 0.25) is 0 Å². The van der Waals surface area contributed by atoms with Gasteiger partial charge in [-0.1, -0.05) is 20.3 Å². The number of aliphatic hydroxyl groups is 1. The van der Waals surface area contributed by atoms with Gasteiger partial charge in [-0.2, -0.15) is 0 Å². The molecule has 0 aliphatic heterocycles. The van der Waals surface area contributed by atoms with E-state index < -0.39 is 0 Å². The third-order valence-electron chi connectivity index (χ3n) is 4.80. The molecule has 1 heterocycles. The first kappa shape index (κ1) is 15.5. The second-order valence-corrected chi connectivity index (χ2v) is 6.01. The maximum absolute atomic E-state index is 9.89. The van der Waals surface area contributed by atoms with Gasteiger partial charge in [-0.3, -0.25) is 0 Å². The molecule has 114 valence electrons. The SMILES string of the molecule is CCCNC1(CO)CCCC1CCn1ccnc1CC. The van der Waals surface area contributed by atoms with Crippen LogP contribution in [0.15, 0.2) is 12.4 Å². The van der Waals surface area contributed by atoms with E-state index >= 15 is 0 Å². The highest BCUT2D eigenvalue weighted by Gasteiger charge is 2.41. The van der Waals surface area contributed by atoms with E-state index in [1.54, 1.807) is 0 Å². The molecule has 0 saturated heterocycles. The van der Waals surface area contributed by atoms with Crippen molar-refractivity contribution in [2.75, 3.05) is 13.2 Å². The van der Waals surface area contributed by atoms with Crippen molar-refractivity contribution in [3.63, 3.8) is 0 Å². The van der Waals surface area contributed by atoms with Crippen molar-refractivity contribution in [3.05, 3.63) is 18.2 Å². The molecule has 1 aromatic heterocycles. The zero-order valence-electron chi connectivity index (χ0n) is 12.9. The van der Waals surface area contributed by atoms with Gasteiger partial charge in [0.1, 0.15) is 5.82 Å². The Kier molecular flexibility index (Phi) is 5.61. The van der Waals surface area contributed by atoms with E-state index in [1.165, 1.54) is 18.7 Å². The summed E-state index contributed by atoms with van der Waals surface area (Å²) in [5.74, 6) is 1.74. The van der Waals surface area contributed by atoms with Crippen LogP contribution in [0, 0.1) is 5.92 Å². The predicted molar refractivity (Wildman–Crippen MR) is 81.7 cm³/mol. The molecule has 0 bridgehead atoms. The second kappa shape index (κ2) is 7.23. The lowest BCUT2D eigenvalue weighted by molar-refractivity contribution is 0.117. The third kappa shape index (κ3) is 3.23. The summed E-state index contributed by atoms with van der Waals surface area (Å²) in [7, 11) is 0. The molecule has 0 spiro atoms. The zero-order valence-corrected chi connectivity index (χ0v) is 12.9. The van der Waals surface area contributed by atoms with E-state index in [0.29, 0.717) is 5.92 Å². The Labute approximate surface area is 122 Å². The van der Waals surface area contributed by atoms with Gasteiger partial charge >= 0.3 is 0 Å². The Bertz CT molecular complexity index is 404. The Morgan fingerprint density at radius 1 is 1.50 bits per heavy atom. The van der Waals surface area contributed by atoms with Gasteiger partial charge in [-0.05, 0) is 38.1 Å². The number of aliphatic hydroxyl groups excluding tert-OH is 1. The van der Waals surface area contributed by atoms with Gasteiger partial charge in [-0.15, -0.1) is 0 Å². The first-order chi connectivity index (χ1) is 9.75. The van der Waals surface area contributed by atoms with Crippen LogP contribution in [0.1, 0.15) is 51.8 Å². The van der Waals surface area contributed by atoms with E-state index in [9.17, 15) is 5.11 Å². The summed E-state index contributed by atoms with van der Waals surface area (Å²) >= 11 is 0. The number of rotatable bonds is 8. The number of nitrogens with zero attached hydrogens (tertiary/aromatic N) is 2. The lowest BCUT2D eigenvalue weighted by Crippen LogP contribution is -2.51. The van der Waals surface area contributed by atoms with Gasteiger partial charge in [0.05, 0.1) is 6.61 Å². The van der Waals surface area contributed by atoms with Crippen LogP contribution in [-0.2, 0) is 13.0 Å². The molecule has 2 rings (SSSR count). The molecule has 1 fully saturated rings. The molecule has 1 aliphatic carbocycles. The van der Waals surface area contributed by atoms with E-state index in [1.807, 2.05) is 6.20 Å². The van der Waals surface area contributed by atoms with Crippen molar-refractivity contribution in [2.45, 2.75) is 64.5 Å². The van der Waals surface area contributed by atoms with Crippen molar-refractivity contribution in [3.8, 4) is 0 Å². The second-order valence-electron chi connectivity index (χ2n) is 6.01. The number of imidazole rings is 1. The van der Waals surface area contributed by atoms with Crippen LogP contribution >= 0.6 is 0 Å². The van der Waals surface area contributed by atoms with Crippen molar-refractivity contribution >= 4 is 0 Å². The molecule has 4 nitrogen and oxygen atoms in total. The van der Waals surface area contributed by atoms with E-state index in [2.05, 4.69) is 34.9 Å². The molecular formula is C16H29N3O. The van der Waals surface area contributed by atoms with Gasteiger partial charge < -0.3 is 15.0 Å².